The molecule has 1 aromatic carbocycles. The van der Waals surface area contributed by atoms with Gasteiger partial charge in [-0.1, -0.05) is 29.9 Å². The number of rotatable bonds is 9. The van der Waals surface area contributed by atoms with E-state index in [2.05, 4.69) is 20.9 Å². The van der Waals surface area contributed by atoms with Crippen molar-refractivity contribution in [1.29, 1.82) is 0 Å². The van der Waals surface area contributed by atoms with Gasteiger partial charge in [-0.15, -0.1) is 0 Å². The molecule has 0 fully saturated rings. The molecule has 1 amide bonds. The van der Waals surface area contributed by atoms with Crippen molar-refractivity contribution in [3.8, 4) is 11.5 Å². The normalized spacial score (nSPS) is 13.9. The highest BCUT2D eigenvalue weighted by atomic mass is 35.5. The van der Waals surface area contributed by atoms with E-state index in [1.54, 1.807) is 44.4 Å². The van der Waals surface area contributed by atoms with Crippen molar-refractivity contribution in [2.45, 2.75) is 32.4 Å². The minimum Gasteiger partial charge on any atom is -0.493 e. The molecule has 0 saturated carbocycles. The largest absolute Gasteiger partial charge is 0.493 e. The number of methoxy groups -OCH3 is 1. The fourth-order valence-electron chi connectivity index (χ4n) is 3.21. The van der Waals surface area contributed by atoms with Crippen molar-refractivity contribution in [2.75, 3.05) is 25.6 Å². The summed E-state index contributed by atoms with van der Waals surface area (Å²) in [7, 11) is 1.52. The number of hydrogen-bond donors (Lipinski definition) is 4. The number of carbonyl (C=O) groups is 1. The van der Waals surface area contributed by atoms with Gasteiger partial charge in [-0.3, -0.25) is 9.78 Å². The van der Waals surface area contributed by atoms with Crippen molar-refractivity contribution in [1.82, 2.24) is 15.6 Å². The molecular formula is C23H27ClN4O4S. The van der Waals surface area contributed by atoms with Crippen LogP contribution >= 0.6 is 23.8 Å². The predicted molar refractivity (Wildman–Crippen MR) is 132 cm³/mol. The highest BCUT2D eigenvalue weighted by Gasteiger charge is 2.25. The predicted octanol–water partition coefficient (Wildman–Crippen LogP) is 3.20. The summed E-state index contributed by atoms with van der Waals surface area (Å²) in [6.07, 6.45) is 3.85. The van der Waals surface area contributed by atoms with Crippen LogP contribution in [0.1, 0.15) is 25.8 Å². The van der Waals surface area contributed by atoms with Gasteiger partial charge >= 0.3 is 0 Å². The Bertz CT molecular complexity index is 1070. The van der Waals surface area contributed by atoms with Gasteiger partial charge in [0.1, 0.15) is 17.3 Å². The van der Waals surface area contributed by atoms with Gasteiger partial charge in [0.05, 0.1) is 35.2 Å². The number of amides is 1. The van der Waals surface area contributed by atoms with Gasteiger partial charge in [0.15, 0.2) is 5.75 Å². The molecule has 4 N–H and O–H groups in total. The Labute approximate surface area is 203 Å². The zero-order chi connectivity index (χ0) is 24.0. The standard InChI is InChI=1S/C23H27ClN4O4S/c1-23(2,30)13-32-18-12-25-9-7-14(18)11-27-16-8-10-26-21(29)19(16)22(33)28-17-6-4-5-15(24)20(17)31-3/h4-7,9,12,27,30H,8,10-11,13H2,1-3H3,(H,26,29)(H,28,33). The monoisotopic (exact) mass is 490 g/mol. The third kappa shape index (κ3) is 6.56. The number of pyridine rings is 1. The van der Waals surface area contributed by atoms with Crippen LogP contribution in [-0.2, 0) is 11.3 Å². The third-order valence-electron chi connectivity index (χ3n) is 4.78. The fraction of sp³-hybridized carbons (Fsp3) is 0.348. The van der Waals surface area contributed by atoms with Crippen molar-refractivity contribution in [3.05, 3.63) is 58.5 Å². The molecule has 1 aliphatic heterocycles. The van der Waals surface area contributed by atoms with E-state index in [1.807, 2.05) is 6.07 Å². The fourth-order valence-corrected chi connectivity index (χ4v) is 3.79. The topological polar surface area (TPSA) is 105 Å². The second kappa shape index (κ2) is 10.8. The number of carbonyl (C=O) groups excluding carboxylic acids is 1. The molecule has 0 spiro atoms. The minimum atomic E-state index is -0.975. The zero-order valence-corrected chi connectivity index (χ0v) is 20.3. The van der Waals surface area contributed by atoms with Crippen LogP contribution in [0.25, 0.3) is 0 Å². The van der Waals surface area contributed by atoms with E-state index in [1.165, 1.54) is 7.11 Å². The average molecular weight is 491 g/mol. The Morgan fingerprint density at radius 2 is 2.15 bits per heavy atom. The average Bonchev–Trinajstić information content (AvgIpc) is 2.76. The number of ether oxygens (including phenoxy) is 2. The van der Waals surface area contributed by atoms with E-state index < -0.39 is 5.60 Å². The first-order chi connectivity index (χ1) is 15.7. The van der Waals surface area contributed by atoms with Crippen molar-refractivity contribution >= 4 is 40.4 Å². The Kier molecular flexibility index (Phi) is 8.12. The van der Waals surface area contributed by atoms with Crippen molar-refractivity contribution in [2.24, 2.45) is 0 Å². The number of halogens is 1. The Hall–Kier alpha value is -2.88. The highest BCUT2D eigenvalue weighted by molar-refractivity contribution is 7.81. The first kappa shape index (κ1) is 24.8. The number of benzene rings is 1. The molecular weight excluding hydrogens is 464 g/mol. The van der Waals surface area contributed by atoms with Gasteiger partial charge in [0.2, 0.25) is 0 Å². The quantitative estimate of drug-likeness (QED) is 0.397. The van der Waals surface area contributed by atoms with E-state index in [0.717, 1.165) is 5.56 Å². The van der Waals surface area contributed by atoms with Crippen LogP contribution in [0, 0.1) is 0 Å². The maximum Gasteiger partial charge on any atom is 0.256 e. The number of thiocarbonyl (C=S) groups is 1. The maximum absolute atomic E-state index is 12.7. The summed E-state index contributed by atoms with van der Waals surface area (Å²) in [4.78, 5) is 17.0. The molecule has 2 heterocycles. The van der Waals surface area contributed by atoms with Crippen LogP contribution in [0.4, 0.5) is 5.69 Å². The Balaban J connectivity index is 1.81. The zero-order valence-electron chi connectivity index (χ0n) is 18.7. The molecule has 0 radical (unpaired) electrons. The second-order valence-corrected chi connectivity index (χ2v) is 8.89. The van der Waals surface area contributed by atoms with Gasteiger partial charge in [-0.05, 0) is 32.0 Å². The maximum atomic E-state index is 12.7. The van der Waals surface area contributed by atoms with Gasteiger partial charge in [-0.25, -0.2) is 0 Å². The summed E-state index contributed by atoms with van der Waals surface area (Å²) in [5.74, 6) is 0.729. The Morgan fingerprint density at radius 1 is 1.36 bits per heavy atom. The van der Waals surface area contributed by atoms with Gasteiger partial charge < -0.3 is 30.5 Å². The number of para-hydroxylation sites is 1. The first-order valence-electron chi connectivity index (χ1n) is 10.4. The van der Waals surface area contributed by atoms with E-state index in [9.17, 15) is 9.90 Å². The molecule has 10 heteroatoms. The molecule has 8 nitrogen and oxygen atoms in total. The summed E-state index contributed by atoms with van der Waals surface area (Å²) < 4.78 is 11.1. The molecule has 0 saturated heterocycles. The summed E-state index contributed by atoms with van der Waals surface area (Å²) in [5.41, 5.74) is 1.49. The summed E-state index contributed by atoms with van der Waals surface area (Å²) in [6, 6.07) is 7.07. The van der Waals surface area contributed by atoms with Gasteiger partial charge in [-0.2, -0.15) is 0 Å². The van der Waals surface area contributed by atoms with E-state index >= 15 is 0 Å². The molecule has 0 atom stereocenters. The SMILES string of the molecule is COc1c(Cl)cccc1NC(=S)C1=C(NCc2ccncc2OCC(C)(C)O)CCNC1=O. The highest BCUT2D eigenvalue weighted by Crippen LogP contribution is 2.33. The lowest BCUT2D eigenvalue weighted by Gasteiger charge is -2.24. The first-order valence-corrected chi connectivity index (χ1v) is 11.2. The summed E-state index contributed by atoms with van der Waals surface area (Å²) in [5, 5.41) is 19.6. The molecule has 1 aromatic heterocycles. The molecule has 0 aliphatic carbocycles. The molecule has 3 rings (SSSR count). The molecule has 33 heavy (non-hydrogen) atoms. The third-order valence-corrected chi connectivity index (χ3v) is 5.38. The smallest absolute Gasteiger partial charge is 0.256 e. The lowest BCUT2D eigenvalue weighted by atomic mass is 10.1. The summed E-state index contributed by atoms with van der Waals surface area (Å²) in [6.45, 7) is 4.34. The molecule has 0 bridgehead atoms. The number of nitrogens with zero attached hydrogens (tertiary/aromatic N) is 1. The van der Waals surface area contributed by atoms with Crippen LogP contribution in [0.2, 0.25) is 5.02 Å². The van der Waals surface area contributed by atoms with Crippen LogP contribution < -0.4 is 25.4 Å². The molecule has 0 unspecified atom stereocenters. The van der Waals surface area contributed by atoms with E-state index in [0.29, 0.717) is 53.0 Å². The van der Waals surface area contributed by atoms with Crippen LogP contribution in [0.3, 0.4) is 0 Å². The van der Waals surface area contributed by atoms with E-state index in [4.69, 9.17) is 33.3 Å². The number of nitrogens with one attached hydrogen (secondary N) is 3. The van der Waals surface area contributed by atoms with Crippen LogP contribution in [0.15, 0.2) is 47.9 Å². The molecule has 176 valence electrons. The molecule has 2 aromatic rings. The van der Waals surface area contributed by atoms with Crippen molar-refractivity contribution < 1.29 is 19.4 Å². The van der Waals surface area contributed by atoms with Crippen LogP contribution in [0.5, 0.6) is 11.5 Å². The van der Waals surface area contributed by atoms with Crippen molar-refractivity contribution in [3.63, 3.8) is 0 Å². The van der Waals surface area contributed by atoms with Gasteiger partial charge in [0, 0.05) is 37.0 Å². The number of anilines is 1. The number of aromatic nitrogens is 1. The van der Waals surface area contributed by atoms with E-state index in [-0.39, 0.29) is 17.5 Å². The number of hydrogen-bond acceptors (Lipinski definition) is 7. The van der Waals surface area contributed by atoms with Gasteiger partial charge in [0.25, 0.3) is 5.91 Å². The lowest BCUT2D eigenvalue weighted by Crippen LogP contribution is -2.39. The second-order valence-electron chi connectivity index (χ2n) is 8.07. The minimum absolute atomic E-state index is 0.123. The molecule has 1 aliphatic rings. The van der Waals surface area contributed by atoms with Crippen LogP contribution in [-0.4, -0.2) is 46.8 Å². The summed E-state index contributed by atoms with van der Waals surface area (Å²) >= 11 is 11.8. The lowest BCUT2D eigenvalue weighted by molar-refractivity contribution is -0.117. The number of aliphatic hydroxyl groups is 1. The Morgan fingerprint density at radius 3 is 2.88 bits per heavy atom.